The molecule has 1 heterocycles. The molecule has 3 rings (SSSR count). The summed E-state index contributed by atoms with van der Waals surface area (Å²) in [6, 6.07) is 14.0. The first-order valence-electron chi connectivity index (χ1n) is 7.28. The van der Waals surface area contributed by atoms with E-state index in [-0.39, 0.29) is 5.75 Å². The van der Waals surface area contributed by atoms with Crippen LogP contribution >= 0.6 is 0 Å². The summed E-state index contributed by atoms with van der Waals surface area (Å²) in [5.74, 6) is 0.0763. The lowest BCUT2D eigenvalue weighted by Crippen LogP contribution is -2.25. The highest BCUT2D eigenvalue weighted by molar-refractivity contribution is 7.88. The van der Waals surface area contributed by atoms with Crippen molar-refractivity contribution >= 4 is 15.7 Å². The van der Waals surface area contributed by atoms with Crippen LogP contribution in [0.2, 0.25) is 0 Å². The number of hydrogen-bond donors (Lipinski definition) is 1. The average molecular weight is 330 g/mol. The second-order valence-electron chi connectivity index (χ2n) is 5.68. The SMILES string of the molecule is Cc1ccccc1C1=NN(S(C)(=O)=O)[C@H](c2ccccc2O)C1. The number of rotatable bonds is 3. The van der Waals surface area contributed by atoms with Crippen LogP contribution in [-0.4, -0.2) is 29.9 Å². The number of hydrazone groups is 1. The third-order valence-corrected chi connectivity index (χ3v) is 4.98. The van der Waals surface area contributed by atoms with Gasteiger partial charge in [0.25, 0.3) is 0 Å². The summed E-state index contributed by atoms with van der Waals surface area (Å²) in [6.45, 7) is 1.97. The standard InChI is InChI=1S/C17H18N2O3S/c1-12-7-3-4-8-13(12)15-11-16(19(18-15)23(2,21)22)14-9-5-6-10-17(14)20/h3-10,16,20H,11H2,1-2H3/t16-/m0/s1. The molecule has 0 saturated carbocycles. The third-order valence-electron chi connectivity index (χ3n) is 3.96. The molecule has 1 aliphatic heterocycles. The molecular formula is C17H18N2O3S. The van der Waals surface area contributed by atoms with Gasteiger partial charge in [0, 0.05) is 17.5 Å². The van der Waals surface area contributed by atoms with E-state index in [0.717, 1.165) is 21.8 Å². The minimum atomic E-state index is -3.54. The van der Waals surface area contributed by atoms with Crippen molar-refractivity contribution in [2.45, 2.75) is 19.4 Å². The molecule has 0 saturated heterocycles. The van der Waals surface area contributed by atoms with E-state index in [1.165, 1.54) is 0 Å². The van der Waals surface area contributed by atoms with E-state index in [1.54, 1.807) is 24.3 Å². The molecule has 1 N–H and O–H groups in total. The molecule has 0 bridgehead atoms. The highest BCUT2D eigenvalue weighted by atomic mass is 32.2. The summed E-state index contributed by atoms with van der Waals surface area (Å²) in [4.78, 5) is 0. The molecule has 120 valence electrons. The highest BCUT2D eigenvalue weighted by Crippen LogP contribution is 2.38. The summed E-state index contributed by atoms with van der Waals surface area (Å²) in [5.41, 5.74) is 3.24. The Morgan fingerprint density at radius 1 is 1.13 bits per heavy atom. The van der Waals surface area contributed by atoms with E-state index in [1.807, 2.05) is 31.2 Å². The molecule has 0 unspecified atom stereocenters. The molecule has 0 aliphatic carbocycles. The number of aromatic hydroxyl groups is 1. The molecule has 0 amide bonds. The number of phenolic OH excluding ortho intramolecular Hbond substituents is 1. The lowest BCUT2D eigenvalue weighted by molar-refractivity contribution is 0.361. The lowest BCUT2D eigenvalue weighted by Gasteiger charge is -2.22. The molecule has 1 atom stereocenters. The van der Waals surface area contributed by atoms with Crippen molar-refractivity contribution < 1.29 is 13.5 Å². The topological polar surface area (TPSA) is 70.0 Å². The number of nitrogens with zero attached hydrogens (tertiary/aromatic N) is 2. The fourth-order valence-electron chi connectivity index (χ4n) is 2.85. The second-order valence-corrected chi connectivity index (χ2v) is 7.52. The second kappa shape index (κ2) is 5.70. The first-order valence-corrected chi connectivity index (χ1v) is 9.13. The van der Waals surface area contributed by atoms with Gasteiger partial charge in [0.15, 0.2) is 0 Å². The van der Waals surface area contributed by atoms with Gasteiger partial charge in [-0.1, -0.05) is 42.5 Å². The van der Waals surface area contributed by atoms with Gasteiger partial charge in [-0.3, -0.25) is 0 Å². The molecule has 1 aliphatic rings. The van der Waals surface area contributed by atoms with Crippen molar-refractivity contribution in [3.63, 3.8) is 0 Å². The normalized spacial score (nSPS) is 18.1. The van der Waals surface area contributed by atoms with E-state index < -0.39 is 16.1 Å². The molecule has 6 heteroatoms. The molecule has 5 nitrogen and oxygen atoms in total. The van der Waals surface area contributed by atoms with Crippen LogP contribution in [-0.2, 0) is 10.0 Å². The molecule has 0 aromatic heterocycles. The Kier molecular flexibility index (Phi) is 3.85. The van der Waals surface area contributed by atoms with Crippen molar-refractivity contribution in [2.24, 2.45) is 5.10 Å². The first kappa shape index (κ1) is 15.6. The summed E-state index contributed by atoms with van der Waals surface area (Å²) in [6.07, 6.45) is 1.56. The third kappa shape index (κ3) is 2.94. The Balaban J connectivity index is 2.07. The molecular weight excluding hydrogens is 312 g/mol. The van der Waals surface area contributed by atoms with Gasteiger partial charge in [-0.05, 0) is 18.6 Å². The van der Waals surface area contributed by atoms with E-state index in [2.05, 4.69) is 5.10 Å². The first-order chi connectivity index (χ1) is 10.9. The number of para-hydroxylation sites is 1. The maximum absolute atomic E-state index is 12.1. The van der Waals surface area contributed by atoms with Gasteiger partial charge in [0.1, 0.15) is 5.75 Å². The number of aryl methyl sites for hydroxylation is 1. The Morgan fingerprint density at radius 3 is 2.43 bits per heavy atom. The van der Waals surface area contributed by atoms with Gasteiger partial charge in [-0.15, -0.1) is 0 Å². The van der Waals surface area contributed by atoms with Crippen LogP contribution in [0, 0.1) is 6.92 Å². The number of phenols is 1. The van der Waals surface area contributed by atoms with Crippen LogP contribution in [0.3, 0.4) is 0 Å². The Bertz CT molecular complexity index is 875. The monoisotopic (exact) mass is 330 g/mol. The van der Waals surface area contributed by atoms with Crippen molar-refractivity contribution in [1.29, 1.82) is 0 Å². The summed E-state index contributed by atoms with van der Waals surface area (Å²) in [5, 5.41) is 14.4. The minimum absolute atomic E-state index is 0.0763. The van der Waals surface area contributed by atoms with Crippen LogP contribution in [0.15, 0.2) is 53.6 Å². The van der Waals surface area contributed by atoms with Crippen LogP contribution in [0.25, 0.3) is 0 Å². The Morgan fingerprint density at radius 2 is 1.78 bits per heavy atom. The molecule has 0 fully saturated rings. The van der Waals surface area contributed by atoms with Crippen LogP contribution < -0.4 is 0 Å². The quantitative estimate of drug-likeness (QED) is 0.941. The van der Waals surface area contributed by atoms with Crippen molar-refractivity contribution in [1.82, 2.24) is 4.41 Å². The zero-order chi connectivity index (χ0) is 16.6. The summed E-state index contributed by atoms with van der Waals surface area (Å²) < 4.78 is 25.4. The van der Waals surface area contributed by atoms with Gasteiger partial charge in [-0.25, -0.2) is 8.42 Å². The van der Waals surface area contributed by atoms with Gasteiger partial charge in [0.05, 0.1) is 18.0 Å². The smallest absolute Gasteiger partial charge is 0.247 e. The molecule has 0 radical (unpaired) electrons. The summed E-state index contributed by atoms with van der Waals surface area (Å²) >= 11 is 0. The number of sulfonamides is 1. The van der Waals surface area contributed by atoms with Gasteiger partial charge in [-0.2, -0.15) is 9.52 Å². The van der Waals surface area contributed by atoms with Crippen LogP contribution in [0.4, 0.5) is 0 Å². The van der Waals surface area contributed by atoms with Gasteiger partial charge < -0.3 is 5.11 Å². The Labute approximate surface area is 135 Å². The predicted octanol–water partition coefficient (Wildman–Crippen LogP) is 2.81. The molecule has 23 heavy (non-hydrogen) atoms. The maximum Gasteiger partial charge on any atom is 0.247 e. The largest absolute Gasteiger partial charge is 0.508 e. The Hall–Kier alpha value is -2.34. The fraction of sp³-hybridized carbons (Fsp3) is 0.235. The minimum Gasteiger partial charge on any atom is -0.508 e. The molecule has 0 spiro atoms. The van der Waals surface area contributed by atoms with Gasteiger partial charge in [0.2, 0.25) is 10.0 Å². The van der Waals surface area contributed by atoms with Crippen molar-refractivity contribution in [3.05, 3.63) is 65.2 Å². The van der Waals surface area contributed by atoms with E-state index in [4.69, 9.17) is 0 Å². The summed E-state index contributed by atoms with van der Waals surface area (Å²) in [7, 11) is -3.54. The lowest BCUT2D eigenvalue weighted by atomic mass is 9.96. The number of hydrogen-bond acceptors (Lipinski definition) is 4. The zero-order valence-electron chi connectivity index (χ0n) is 13.0. The zero-order valence-corrected chi connectivity index (χ0v) is 13.8. The molecule has 2 aromatic carbocycles. The molecule has 2 aromatic rings. The van der Waals surface area contributed by atoms with Crippen LogP contribution in [0.1, 0.15) is 29.2 Å². The van der Waals surface area contributed by atoms with E-state index >= 15 is 0 Å². The van der Waals surface area contributed by atoms with Gasteiger partial charge >= 0.3 is 0 Å². The van der Waals surface area contributed by atoms with E-state index in [0.29, 0.717) is 17.7 Å². The highest BCUT2D eigenvalue weighted by Gasteiger charge is 2.36. The van der Waals surface area contributed by atoms with Crippen LogP contribution in [0.5, 0.6) is 5.75 Å². The average Bonchev–Trinajstić information content (AvgIpc) is 2.93. The van der Waals surface area contributed by atoms with Crippen molar-refractivity contribution in [3.8, 4) is 5.75 Å². The number of benzene rings is 2. The fourth-order valence-corrected chi connectivity index (χ4v) is 3.75. The maximum atomic E-state index is 12.1. The van der Waals surface area contributed by atoms with E-state index in [9.17, 15) is 13.5 Å². The predicted molar refractivity (Wildman–Crippen MR) is 89.9 cm³/mol. The van der Waals surface area contributed by atoms with Crippen molar-refractivity contribution in [2.75, 3.05) is 6.26 Å².